The van der Waals surface area contributed by atoms with Gasteiger partial charge in [-0.2, -0.15) is 0 Å². The van der Waals surface area contributed by atoms with Crippen LogP contribution in [0.15, 0.2) is 18.2 Å². The fraction of sp³-hybridized carbons (Fsp3) is 0.647. The third kappa shape index (κ3) is 3.32. The normalized spacial score (nSPS) is 30.8. The van der Waals surface area contributed by atoms with Gasteiger partial charge >= 0.3 is 0 Å². The molecule has 0 heterocycles. The van der Waals surface area contributed by atoms with Crippen molar-refractivity contribution in [2.75, 3.05) is 0 Å². The molecule has 0 spiro atoms. The highest BCUT2D eigenvalue weighted by Crippen LogP contribution is 2.42. The smallest absolute Gasteiger partial charge is 0.0624 e. The average Bonchev–Trinajstić information content (AvgIpc) is 2.34. The third-order valence-corrected chi connectivity index (χ3v) is 5.65. The molecule has 1 nitrogen and oxygen atoms in total. The van der Waals surface area contributed by atoms with Gasteiger partial charge in [-0.1, -0.05) is 62.5 Å². The van der Waals surface area contributed by atoms with E-state index in [0.717, 1.165) is 18.4 Å². The molecule has 20 heavy (non-hydrogen) atoms. The molecule has 3 atom stereocenters. The molecule has 1 saturated carbocycles. The Morgan fingerprint density at radius 1 is 1.30 bits per heavy atom. The Balaban J connectivity index is 2.29. The molecule has 1 aromatic rings. The van der Waals surface area contributed by atoms with Crippen molar-refractivity contribution in [3.05, 3.63) is 33.8 Å². The van der Waals surface area contributed by atoms with Crippen LogP contribution in [0.5, 0.6) is 0 Å². The lowest BCUT2D eigenvalue weighted by Gasteiger charge is -2.46. The van der Waals surface area contributed by atoms with Gasteiger partial charge in [-0.3, -0.25) is 0 Å². The van der Waals surface area contributed by atoms with Crippen LogP contribution in [0.2, 0.25) is 10.0 Å². The average molecular weight is 314 g/mol. The van der Waals surface area contributed by atoms with E-state index in [1.807, 2.05) is 12.1 Å². The summed E-state index contributed by atoms with van der Waals surface area (Å²) >= 11 is 12.5. The van der Waals surface area contributed by atoms with E-state index in [2.05, 4.69) is 26.8 Å². The Morgan fingerprint density at radius 2 is 2.00 bits per heavy atom. The highest BCUT2D eigenvalue weighted by Gasteiger charge is 2.41. The first-order valence-corrected chi connectivity index (χ1v) is 8.31. The van der Waals surface area contributed by atoms with Gasteiger partial charge in [-0.25, -0.2) is 0 Å². The SMILES string of the molecule is CC1CCC(C(C)C)C(N)(Cc2cccc(Cl)c2Cl)C1. The molecule has 0 aliphatic heterocycles. The van der Waals surface area contributed by atoms with Gasteiger partial charge in [-0.15, -0.1) is 0 Å². The zero-order valence-electron chi connectivity index (χ0n) is 12.6. The van der Waals surface area contributed by atoms with Crippen LogP contribution in [-0.2, 0) is 6.42 Å². The second-order valence-electron chi connectivity index (χ2n) is 6.86. The lowest BCUT2D eigenvalue weighted by Crippen LogP contribution is -2.54. The molecule has 0 radical (unpaired) electrons. The predicted molar refractivity (Wildman–Crippen MR) is 88.4 cm³/mol. The number of benzene rings is 1. The molecule has 112 valence electrons. The largest absolute Gasteiger partial charge is 0.325 e. The molecule has 1 aliphatic rings. The van der Waals surface area contributed by atoms with E-state index >= 15 is 0 Å². The lowest BCUT2D eigenvalue weighted by molar-refractivity contribution is 0.109. The molecule has 0 bridgehead atoms. The van der Waals surface area contributed by atoms with E-state index in [1.54, 1.807) is 0 Å². The number of rotatable bonds is 3. The molecule has 1 aromatic carbocycles. The van der Waals surface area contributed by atoms with E-state index in [-0.39, 0.29) is 5.54 Å². The van der Waals surface area contributed by atoms with Gasteiger partial charge in [-0.05, 0) is 48.6 Å². The Kier molecular flexibility index (Phi) is 5.05. The maximum atomic E-state index is 6.84. The Morgan fingerprint density at radius 3 is 2.65 bits per heavy atom. The predicted octanol–water partition coefficient (Wildman–Crippen LogP) is 5.33. The first-order valence-electron chi connectivity index (χ1n) is 7.55. The van der Waals surface area contributed by atoms with Crippen LogP contribution in [0.3, 0.4) is 0 Å². The van der Waals surface area contributed by atoms with Crippen LogP contribution >= 0.6 is 23.2 Å². The molecule has 0 saturated heterocycles. The quantitative estimate of drug-likeness (QED) is 0.802. The van der Waals surface area contributed by atoms with Crippen molar-refractivity contribution in [2.24, 2.45) is 23.5 Å². The zero-order chi connectivity index (χ0) is 14.9. The third-order valence-electron chi connectivity index (χ3n) is 4.79. The van der Waals surface area contributed by atoms with Crippen LogP contribution in [0, 0.1) is 17.8 Å². The maximum absolute atomic E-state index is 6.84. The molecule has 0 amide bonds. The molecule has 2 N–H and O–H groups in total. The topological polar surface area (TPSA) is 26.0 Å². The van der Waals surface area contributed by atoms with Crippen molar-refractivity contribution in [3.63, 3.8) is 0 Å². The van der Waals surface area contributed by atoms with Gasteiger partial charge in [0.15, 0.2) is 0 Å². The molecule has 2 rings (SSSR count). The summed E-state index contributed by atoms with van der Waals surface area (Å²) in [5, 5.41) is 1.29. The first-order chi connectivity index (χ1) is 9.33. The number of hydrogen-bond donors (Lipinski definition) is 1. The van der Waals surface area contributed by atoms with E-state index in [4.69, 9.17) is 28.9 Å². The second-order valence-corrected chi connectivity index (χ2v) is 7.65. The first kappa shape index (κ1) is 16.1. The molecular formula is C17H25Cl2N. The highest BCUT2D eigenvalue weighted by molar-refractivity contribution is 6.42. The summed E-state index contributed by atoms with van der Waals surface area (Å²) in [7, 11) is 0. The number of hydrogen-bond acceptors (Lipinski definition) is 1. The molecular weight excluding hydrogens is 289 g/mol. The van der Waals surface area contributed by atoms with Gasteiger partial charge < -0.3 is 5.73 Å². The summed E-state index contributed by atoms with van der Waals surface area (Å²) in [6.07, 6.45) is 4.39. The summed E-state index contributed by atoms with van der Waals surface area (Å²) in [6, 6.07) is 5.85. The van der Waals surface area contributed by atoms with Gasteiger partial charge in [0.2, 0.25) is 0 Å². The summed E-state index contributed by atoms with van der Waals surface area (Å²) in [5.74, 6) is 1.84. The fourth-order valence-corrected chi connectivity index (χ4v) is 4.28. The summed E-state index contributed by atoms with van der Waals surface area (Å²) in [4.78, 5) is 0. The van der Waals surface area contributed by atoms with Crippen LogP contribution in [0.1, 0.15) is 45.6 Å². The minimum absolute atomic E-state index is 0.167. The van der Waals surface area contributed by atoms with E-state index in [0.29, 0.717) is 27.8 Å². The fourth-order valence-electron chi connectivity index (χ4n) is 3.89. The number of nitrogens with two attached hydrogens (primary N) is 1. The monoisotopic (exact) mass is 313 g/mol. The van der Waals surface area contributed by atoms with E-state index in [9.17, 15) is 0 Å². The van der Waals surface area contributed by atoms with Gasteiger partial charge in [0.25, 0.3) is 0 Å². The Hall–Kier alpha value is -0.240. The standard InChI is InChI=1S/C17H25Cl2N/c1-11(2)14-8-7-12(3)9-17(14,20)10-13-5-4-6-15(18)16(13)19/h4-6,11-12,14H,7-10,20H2,1-3H3. The van der Waals surface area contributed by atoms with Gasteiger partial charge in [0.1, 0.15) is 0 Å². The zero-order valence-corrected chi connectivity index (χ0v) is 14.1. The van der Waals surface area contributed by atoms with Gasteiger partial charge in [0.05, 0.1) is 10.0 Å². The van der Waals surface area contributed by atoms with Crippen LogP contribution in [0.4, 0.5) is 0 Å². The molecule has 3 heteroatoms. The van der Waals surface area contributed by atoms with Crippen LogP contribution in [0.25, 0.3) is 0 Å². The second kappa shape index (κ2) is 6.25. The summed E-state index contributed by atoms with van der Waals surface area (Å²) in [6.45, 7) is 6.86. The molecule has 1 aliphatic carbocycles. The Bertz CT molecular complexity index is 472. The minimum atomic E-state index is -0.167. The van der Waals surface area contributed by atoms with Crippen molar-refractivity contribution in [3.8, 4) is 0 Å². The van der Waals surface area contributed by atoms with Crippen molar-refractivity contribution >= 4 is 23.2 Å². The number of halogens is 2. The molecule has 3 unspecified atom stereocenters. The Labute approximate surface area is 132 Å². The van der Waals surface area contributed by atoms with E-state index < -0.39 is 0 Å². The van der Waals surface area contributed by atoms with Crippen molar-refractivity contribution in [1.29, 1.82) is 0 Å². The lowest BCUT2D eigenvalue weighted by atomic mass is 9.63. The summed E-state index contributed by atoms with van der Waals surface area (Å²) in [5.41, 5.74) is 7.76. The van der Waals surface area contributed by atoms with E-state index in [1.165, 1.54) is 12.8 Å². The van der Waals surface area contributed by atoms with Crippen molar-refractivity contribution in [1.82, 2.24) is 0 Å². The molecule has 0 aromatic heterocycles. The highest BCUT2D eigenvalue weighted by atomic mass is 35.5. The van der Waals surface area contributed by atoms with Gasteiger partial charge in [0, 0.05) is 5.54 Å². The maximum Gasteiger partial charge on any atom is 0.0624 e. The summed E-state index contributed by atoms with van der Waals surface area (Å²) < 4.78 is 0. The van der Waals surface area contributed by atoms with Crippen molar-refractivity contribution in [2.45, 2.75) is 52.0 Å². The van der Waals surface area contributed by atoms with Crippen molar-refractivity contribution < 1.29 is 0 Å². The van der Waals surface area contributed by atoms with Crippen LogP contribution < -0.4 is 5.73 Å². The van der Waals surface area contributed by atoms with Crippen LogP contribution in [-0.4, -0.2) is 5.54 Å². The molecule has 1 fully saturated rings. The minimum Gasteiger partial charge on any atom is -0.325 e.